The lowest BCUT2D eigenvalue weighted by Crippen LogP contribution is -2.38. The van der Waals surface area contributed by atoms with E-state index in [2.05, 4.69) is 46.8 Å². The maximum atomic E-state index is 5.45. The van der Waals surface area contributed by atoms with Gasteiger partial charge in [-0.3, -0.25) is 4.99 Å². The molecule has 0 aromatic heterocycles. The Morgan fingerprint density at radius 1 is 1.15 bits per heavy atom. The van der Waals surface area contributed by atoms with Crippen LogP contribution in [-0.2, 0) is 6.54 Å². The van der Waals surface area contributed by atoms with E-state index in [1.807, 2.05) is 18.2 Å². The number of aliphatic imine (C=N–C) groups is 1. The minimum absolute atomic E-state index is 0. The molecule has 0 spiro atoms. The SMILES string of the molecule is CN=C(NCc1ccc(OC)cc1OC)NC1CC1c1ccccc1C.I. The zero-order chi connectivity index (χ0) is 18.5. The summed E-state index contributed by atoms with van der Waals surface area (Å²) in [4.78, 5) is 4.35. The van der Waals surface area contributed by atoms with E-state index in [-0.39, 0.29) is 24.0 Å². The minimum Gasteiger partial charge on any atom is -0.497 e. The Balaban J connectivity index is 0.00000261. The summed E-state index contributed by atoms with van der Waals surface area (Å²) in [7, 11) is 5.12. The molecule has 2 aromatic rings. The molecule has 146 valence electrons. The molecule has 1 aliphatic carbocycles. The third kappa shape index (κ3) is 5.28. The van der Waals surface area contributed by atoms with E-state index in [0.717, 1.165) is 29.4 Å². The molecule has 6 heteroatoms. The summed E-state index contributed by atoms with van der Waals surface area (Å²) in [6.45, 7) is 2.81. The lowest BCUT2D eigenvalue weighted by molar-refractivity contribution is 0.390. The van der Waals surface area contributed by atoms with Crippen LogP contribution in [0.2, 0.25) is 0 Å². The molecular formula is C21H28IN3O2. The average molecular weight is 481 g/mol. The van der Waals surface area contributed by atoms with Gasteiger partial charge in [-0.2, -0.15) is 0 Å². The Kier molecular flexibility index (Phi) is 7.77. The van der Waals surface area contributed by atoms with Crippen LogP contribution in [0.1, 0.15) is 29.0 Å². The van der Waals surface area contributed by atoms with Crippen LogP contribution < -0.4 is 20.1 Å². The van der Waals surface area contributed by atoms with Crippen LogP contribution in [0, 0.1) is 6.92 Å². The topological polar surface area (TPSA) is 54.9 Å². The summed E-state index contributed by atoms with van der Waals surface area (Å²) in [5.41, 5.74) is 3.84. The van der Waals surface area contributed by atoms with Gasteiger partial charge in [0.2, 0.25) is 0 Å². The number of aryl methyl sites for hydroxylation is 1. The van der Waals surface area contributed by atoms with Gasteiger partial charge in [0.25, 0.3) is 0 Å². The second-order valence-corrected chi connectivity index (χ2v) is 6.55. The van der Waals surface area contributed by atoms with Gasteiger partial charge in [-0.15, -0.1) is 24.0 Å². The number of methoxy groups -OCH3 is 2. The number of nitrogens with one attached hydrogen (secondary N) is 2. The minimum atomic E-state index is 0. The standard InChI is InChI=1S/C21H27N3O2.HI/c1-14-7-5-6-8-17(14)18-12-19(18)24-21(22-2)23-13-15-9-10-16(25-3)11-20(15)26-4;/h5-11,18-19H,12-13H2,1-4H3,(H2,22,23,24);1H. The fourth-order valence-corrected chi connectivity index (χ4v) is 3.25. The zero-order valence-corrected chi connectivity index (χ0v) is 18.6. The average Bonchev–Trinajstić information content (AvgIpc) is 3.44. The fourth-order valence-electron chi connectivity index (χ4n) is 3.25. The van der Waals surface area contributed by atoms with Crippen molar-refractivity contribution in [3.8, 4) is 11.5 Å². The first-order valence-corrected chi connectivity index (χ1v) is 8.90. The van der Waals surface area contributed by atoms with Crippen molar-refractivity contribution >= 4 is 29.9 Å². The maximum Gasteiger partial charge on any atom is 0.191 e. The Morgan fingerprint density at radius 3 is 2.59 bits per heavy atom. The second kappa shape index (κ2) is 9.82. The molecule has 27 heavy (non-hydrogen) atoms. The van der Waals surface area contributed by atoms with Crippen LogP contribution in [0.4, 0.5) is 0 Å². The number of benzene rings is 2. The second-order valence-electron chi connectivity index (χ2n) is 6.55. The van der Waals surface area contributed by atoms with Gasteiger partial charge in [-0.25, -0.2) is 0 Å². The van der Waals surface area contributed by atoms with E-state index in [1.54, 1.807) is 21.3 Å². The van der Waals surface area contributed by atoms with Crippen molar-refractivity contribution in [2.24, 2.45) is 4.99 Å². The van der Waals surface area contributed by atoms with Gasteiger partial charge < -0.3 is 20.1 Å². The molecule has 0 heterocycles. The largest absolute Gasteiger partial charge is 0.497 e. The van der Waals surface area contributed by atoms with Gasteiger partial charge >= 0.3 is 0 Å². The van der Waals surface area contributed by atoms with Crippen LogP contribution in [0.15, 0.2) is 47.5 Å². The summed E-state index contributed by atoms with van der Waals surface area (Å²) < 4.78 is 10.7. The van der Waals surface area contributed by atoms with E-state index in [9.17, 15) is 0 Å². The molecule has 0 bridgehead atoms. The van der Waals surface area contributed by atoms with Crippen molar-refractivity contribution in [2.75, 3.05) is 21.3 Å². The van der Waals surface area contributed by atoms with Gasteiger partial charge in [0, 0.05) is 37.2 Å². The Bertz CT molecular complexity index is 795. The molecule has 0 amide bonds. The third-order valence-corrected chi connectivity index (χ3v) is 4.86. The molecule has 3 rings (SSSR count). The Hall–Kier alpha value is -1.96. The number of guanidine groups is 1. The monoisotopic (exact) mass is 481 g/mol. The molecule has 0 aliphatic heterocycles. The normalized spacial score (nSPS) is 18.3. The first-order valence-electron chi connectivity index (χ1n) is 8.90. The van der Waals surface area contributed by atoms with Crippen LogP contribution in [0.3, 0.4) is 0 Å². The number of nitrogens with zero attached hydrogens (tertiary/aromatic N) is 1. The van der Waals surface area contributed by atoms with Crippen molar-refractivity contribution in [1.29, 1.82) is 0 Å². The van der Waals surface area contributed by atoms with E-state index in [0.29, 0.717) is 18.5 Å². The maximum absolute atomic E-state index is 5.45. The lowest BCUT2D eigenvalue weighted by Gasteiger charge is -2.15. The highest BCUT2D eigenvalue weighted by atomic mass is 127. The van der Waals surface area contributed by atoms with Crippen molar-refractivity contribution in [1.82, 2.24) is 10.6 Å². The van der Waals surface area contributed by atoms with E-state index < -0.39 is 0 Å². The fraction of sp³-hybridized carbons (Fsp3) is 0.381. The summed E-state index contributed by atoms with van der Waals surface area (Å²) in [6.07, 6.45) is 1.14. The van der Waals surface area contributed by atoms with Gasteiger partial charge in [0.15, 0.2) is 5.96 Å². The number of halogens is 1. The van der Waals surface area contributed by atoms with Gasteiger partial charge in [0.1, 0.15) is 11.5 Å². The van der Waals surface area contributed by atoms with Crippen molar-refractivity contribution in [2.45, 2.75) is 31.8 Å². The number of hydrogen-bond acceptors (Lipinski definition) is 3. The highest BCUT2D eigenvalue weighted by molar-refractivity contribution is 14.0. The van der Waals surface area contributed by atoms with E-state index in [4.69, 9.17) is 9.47 Å². The van der Waals surface area contributed by atoms with Gasteiger partial charge in [0.05, 0.1) is 14.2 Å². The molecular weight excluding hydrogens is 453 g/mol. The molecule has 2 atom stereocenters. The van der Waals surface area contributed by atoms with Crippen LogP contribution in [0.25, 0.3) is 0 Å². The zero-order valence-electron chi connectivity index (χ0n) is 16.3. The molecule has 2 unspecified atom stereocenters. The lowest BCUT2D eigenvalue weighted by atomic mass is 10.0. The highest BCUT2D eigenvalue weighted by Gasteiger charge is 2.39. The van der Waals surface area contributed by atoms with E-state index in [1.165, 1.54) is 11.1 Å². The summed E-state index contributed by atoms with van der Waals surface area (Å²) in [6, 6.07) is 14.9. The summed E-state index contributed by atoms with van der Waals surface area (Å²) in [5.74, 6) is 2.96. The molecule has 0 radical (unpaired) electrons. The predicted octanol–water partition coefficient (Wildman–Crippen LogP) is 3.85. The van der Waals surface area contributed by atoms with Crippen molar-refractivity contribution < 1.29 is 9.47 Å². The predicted molar refractivity (Wildman–Crippen MR) is 121 cm³/mol. The number of hydrogen-bond donors (Lipinski definition) is 2. The quantitative estimate of drug-likeness (QED) is 0.374. The van der Waals surface area contributed by atoms with Gasteiger partial charge in [-0.05, 0) is 36.6 Å². The first-order chi connectivity index (χ1) is 12.7. The molecule has 0 saturated heterocycles. The van der Waals surface area contributed by atoms with E-state index >= 15 is 0 Å². The molecule has 5 nitrogen and oxygen atoms in total. The summed E-state index contributed by atoms with van der Waals surface area (Å²) in [5, 5.41) is 6.89. The van der Waals surface area contributed by atoms with Crippen molar-refractivity contribution in [3.63, 3.8) is 0 Å². The van der Waals surface area contributed by atoms with Crippen molar-refractivity contribution in [3.05, 3.63) is 59.2 Å². The van der Waals surface area contributed by atoms with Crippen LogP contribution >= 0.6 is 24.0 Å². The summed E-state index contributed by atoms with van der Waals surface area (Å²) >= 11 is 0. The first kappa shape index (κ1) is 21.3. The third-order valence-electron chi connectivity index (χ3n) is 4.86. The molecule has 1 aliphatic rings. The molecule has 1 fully saturated rings. The Labute approximate surface area is 178 Å². The Morgan fingerprint density at radius 2 is 1.93 bits per heavy atom. The van der Waals surface area contributed by atoms with Crippen LogP contribution in [0.5, 0.6) is 11.5 Å². The van der Waals surface area contributed by atoms with Crippen LogP contribution in [-0.4, -0.2) is 33.3 Å². The molecule has 2 aromatic carbocycles. The van der Waals surface area contributed by atoms with Gasteiger partial charge in [-0.1, -0.05) is 24.3 Å². The molecule has 1 saturated carbocycles. The smallest absolute Gasteiger partial charge is 0.191 e. The number of rotatable bonds is 6. The highest BCUT2D eigenvalue weighted by Crippen LogP contribution is 2.42. The molecule has 2 N–H and O–H groups in total. The number of ether oxygens (including phenoxy) is 2.